The lowest BCUT2D eigenvalue weighted by molar-refractivity contribution is -0.384. The standard InChI is InChI=1S/C26H19BrN4O4S/c1-35-18-9-2-14(3-10-18)24-23-20(19-12-15(27)4-11-21(19)28-23)13-22-25(32)29(26(36)30(22)24)16-5-7-17(8-6-16)31(33)34/h2-12,22,24,28H,13H2,1H3. The van der Waals surface area contributed by atoms with Crippen LogP contribution < -0.4 is 9.64 Å². The number of nitro groups is 1. The van der Waals surface area contributed by atoms with E-state index in [1.807, 2.05) is 41.3 Å². The number of hydrogen-bond acceptors (Lipinski definition) is 5. The molecule has 1 fully saturated rings. The topological polar surface area (TPSA) is 91.7 Å². The fourth-order valence-electron chi connectivity index (χ4n) is 5.19. The summed E-state index contributed by atoms with van der Waals surface area (Å²) < 4.78 is 6.31. The molecule has 0 aliphatic carbocycles. The van der Waals surface area contributed by atoms with Gasteiger partial charge in [0.1, 0.15) is 11.8 Å². The van der Waals surface area contributed by atoms with Crippen molar-refractivity contribution in [1.29, 1.82) is 0 Å². The van der Waals surface area contributed by atoms with Crippen molar-refractivity contribution >= 4 is 61.4 Å². The van der Waals surface area contributed by atoms with E-state index in [1.54, 1.807) is 19.2 Å². The van der Waals surface area contributed by atoms with E-state index in [0.29, 0.717) is 17.2 Å². The Bertz CT molecular complexity index is 1550. The number of nitrogens with one attached hydrogen (secondary N) is 1. The zero-order chi connectivity index (χ0) is 25.1. The minimum atomic E-state index is -0.509. The van der Waals surface area contributed by atoms with Gasteiger partial charge in [-0.05, 0) is 65.8 Å². The Morgan fingerprint density at radius 3 is 2.50 bits per heavy atom. The highest BCUT2D eigenvalue weighted by atomic mass is 79.9. The van der Waals surface area contributed by atoms with Gasteiger partial charge in [0.05, 0.1) is 23.8 Å². The summed E-state index contributed by atoms with van der Waals surface area (Å²) in [5.74, 6) is 0.585. The number of anilines is 1. The molecule has 1 N–H and O–H groups in total. The number of amides is 1. The number of hydrogen-bond donors (Lipinski definition) is 1. The number of ether oxygens (including phenoxy) is 1. The second-order valence-electron chi connectivity index (χ2n) is 8.74. The molecule has 10 heteroatoms. The summed E-state index contributed by atoms with van der Waals surface area (Å²) >= 11 is 9.46. The van der Waals surface area contributed by atoms with E-state index in [9.17, 15) is 14.9 Å². The zero-order valence-corrected chi connectivity index (χ0v) is 21.4. The lowest BCUT2D eigenvalue weighted by atomic mass is 9.89. The summed E-state index contributed by atoms with van der Waals surface area (Å²) in [6, 6.07) is 18.9. The zero-order valence-electron chi connectivity index (χ0n) is 19.0. The van der Waals surface area contributed by atoms with Gasteiger partial charge < -0.3 is 14.6 Å². The first-order valence-electron chi connectivity index (χ1n) is 11.2. The number of fused-ring (bicyclic) bond motifs is 4. The number of carbonyl (C=O) groups excluding carboxylic acids is 1. The lowest BCUT2D eigenvalue weighted by Gasteiger charge is -2.37. The molecule has 1 amide bonds. The van der Waals surface area contributed by atoms with Crippen molar-refractivity contribution in [1.82, 2.24) is 9.88 Å². The molecule has 1 aromatic heterocycles. The Labute approximate surface area is 219 Å². The lowest BCUT2D eigenvalue weighted by Crippen LogP contribution is -2.44. The third-order valence-corrected chi connectivity index (χ3v) is 7.74. The smallest absolute Gasteiger partial charge is 0.269 e. The van der Waals surface area contributed by atoms with Crippen molar-refractivity contribution in [3.05, 3.63) is 98.1 Å². The number of rotatable bonds is 4. The summed E-state index contributed by atoms with van der Waals surface area (Å²) in [5.41, 5.74) is 4.49. The van der Waals surface area contributed by atoms with Gasteiger partial charge in [-0.1, -0.05) is 28.1 Å². The van der Waals surface area contributed by atoms with Crippen molar-refractivity contribution in [3.8, 4) is 5.75 Å². The summed E-state index contributed by atoms with van der Waals surface area (Å²) in [4.78, 5) is 31.5. The molecular weight excluding hydrogens is 544 g/mol. The monoisotopic (exact) mass is 562 g/mol. The normalized spacial score (nSPS) is 18.9. The van der Waals surface area contributed by atoms with E-state index in [2.05, 4.69) is 27.0 Å². The first kappa shape index (κ1) is 22.7. The van der Waals surface area contributed by atoms with Crippen LogP contribution in [0.15, 0.2) is 71.2 Å². The molecule has 0 radical (unpaired) electrons. The molecule has 6 rings (SSSR count). The number of H-pyrrole nitrogens is 1. The predicted octanol–water partition coefficient (Wildman–Crippen LogP) is 5.50. The van der Waals surface area contributed by atoms with Crippen LogP contribution in [0, 0.1) is 10.1 Å². The quantitative estimate of drug-likeness (QED) is 0.201. The van der Waals surface area contributed by atoms with Gasteiger partial charge in [-0.25, -0.2) is 0 Å². The number of halogens is 1. The van der Waals surface area contributed by atoms with E-state index in [1.165, 1.54) is 17.0 Å². The molecule has 3 heterocycles. The van der Waals surface area contributed by atoms with E-state index in [-0.39, 0.29) is 17.6 Å². The Hall–Kier alpha value is -3.76. The molecule has 36 heavy (non-hydrogen) atoms. The fraction of sp³-hybridized carbons (Fsp3) is 0.154. The number of methoxy groups -OCH3 is 1. The Morgan fingerprint density at radius 1 is 1.11 bits per heavy atom. The third kappa shape index (κ3) is 3.40. The molecule has 1 saturated heterocycles. The van der Waals surface area contributed by atoms with Crippen molar-refractivity contribution in [2.45, 2.75) is 18.5 Å². The first-order chi connectivity index (χ1) is 17.4. The van der Waals surface area contributed by atoms with Crippen LogP contribution in [-0.4, -0.2) is 39.0 Å². The molecule has 8 nitrogen and oxygen atoms in total. The molecule has 0 saturated carbocycles. The van der Waals surface area contributed by atoms with Crippen molar-refractivity contribution in [2.75, 3.05) is 12.0 Å². The SMILES string of the molecule is COc1ccc(C2c3[nH]c4ccc(Br)cc4c3CC3C(=O)N(c4ccc([N+](=O)[O-])cc4)C(=S)N32)cc1. The van der Waals surface area contributed by atoms with Crippen molar-refractivity contribution in [2.24, 2.45) is 0 Å². The number of nitrogens with zero attached hydrogens (tertiary/aromatic N) is 3. The maximum absolute atomic E-state index is 13.8. The van der Waals surface area contributed by atoms with Crippen molar-refractivity contribution in [3.63, 3.8) is 0 Å². The number of benzene rings is 3. The molecule has 2 unspecified atom stereocenters. The number of carbonyl (C=O) groups is 1. The number of thiocarbonyl (C=S) groups is 1. The van der Waals surface area contributed by atoms with Gasteiger partial charge in [0.25, 0.3) is 11.6 Å². The van der Waals surface area contributed by atoms with Crippen LogP contribution in [0.2, 0.25) is 0 Å². The third-order valence-electron chi connectivity index (χ3n) is 6.85. The maximum Gasteiger partial charge on any atom is 0.269 e. The average Bonchev–Trinajstić information content (AvgIpc) is 3.37. The second kappa shape index (κ2) is 8.42. The average molecular weight is 563 g/mol. The summed E-state index contributed by atoms with van der Waals surface area (Å²) in [7, 11) is 1.62. The largest absolute Gasteiger partial charge is 0.497 e. The molecule has 3 aromatic carbocycles. The van der Waals surface area contributed by atoms with Crippen LogP contribution in [0.1, 0.15) is 22.9 Å². The van der Waals surface area contributed by atoms with E-state index >= 15 is 0 Å². The van der Waals surface area contributed by atoms with Crippen molar-refractivity contribution < 1.29 is 14.5 Å². The van der Waals surface area contributed by atoms with Crippen LogP contribution in [0.5, 0.6) is 5.75 Å². The number of non-ortho nitro benzene ring substituents is 1. The van der Waals surface area contributed by atoms with Gasteiger partial charge in [-0.2, -0.15) is 0 Å². The van der Waals surface area contributed by atoms with Crippen LogP contribution in [0.4, 0.5) is 11.4 Å². The minimum Gasteiger partial charge on any atom is -0.497 e. The fourth-order valence-corrected chi connectivity index (χ4v) is 5.98. The Kier molecular flexibility index (Phi) is 5.31. The van der Waals surface area contributed by atoms with Gasteiger partial charge in [-0.15, -0.1) is 0 Å². The van der Waals surface area contributed by atoms with E-state index in [4.69, 9.17) is 17.0 Å². The van der Waals surface area contributed by atoms with E-state index in [0.717, 1.165) is 37.9 Å². The molecule has 2 aliphatic heterocycles. The molecule has 2 atom stereocenters. The Balaban J connectivity index is 1.50. The second-order valence-corrected chi connectivity index (χ2v) is 10.0. The minimum absolute atomic E-state index is 0.0443. The molecule has 0 bridgehead atoms. The van der Waals surface area contributed by atoms with Gasteiger partial charge in [-0.3, -0.25) is 19.8 Å². The highest BCUT2D eigenvalue weighted by Gasteiger charge is 2.51. The van der Waals surface area contributed by atoms with Crippen LogP contribution in [-0.2, 0) is 11.2 Å². The first-order valence-corrected chi connectivity index (χ1v) is 12.4. The van der Waals surface area contributed by atoms with Crippen LogP contribution >= 0.6 is 28.1 Å². The summed E-state index contributed by atoms with van der Waals surface area (Å²) in [5, 5.41) is 12.5. The molecule has 0 spiro atoms. The Morgan fingerprint density at radius 2 is 1.83 bits per heavy atom. The number of aromatic nitrogens is 1. The molecule has 4 aromatic rings. The van der Waals surface area contributed by atoms with Crippen LogP contribution in [0.25, 0.3) is 10.9 Å². The summed E-state index contributed by atoms with van der Waals surface area (Å²) in [6.45, 7) is 0. The maximum atomic E-state index is 13.8. The highest BCUT2D eigenvalue weighted by Crippen LogP contribution is 2.45. The van der Waals surface area contributed by atoms with Gasteiger partial charge in [0.15, 0.2) is 5.11 Å². The summed E-state index contributed by atoms with van der Waals surface area (Å²) in [6.07, 6.45) is 0.487. The van der Waals surface area contributed by atoms with Gasteiger partial charge in [0.2, 0.25) is 0 Å². The number of nitro benzene ring substituents is 1. The van der Waals surface area contributed by atoms with Gasteiger partial charge >= 0.3 is 0 Å². The van der Waals surface area contributed by atoms with E-state index < -0.39 is 11.0 Å². The van der Waals surface area contributed by atoms with Gasteiger partial charge in [0, 0.05) is 39.6 Å². The predicted molar refractivity (Wildman–Crippen MR) is 143 cm³/mol. The number of aromatic amines is 1. The highest BCUT2D eigenvalue weighted by molar-refractivity contribution is 9.10. The molecule has 2 aliphatic rings. The van der Waals surface area contributed by atoms with Crippen LogP contribution in [0.3, 0.4) is 0 Å². The molecular formula is C26H19BrN4O4S. The molecule has 180 valence electrons.